The van der Waals surface area contributed by atoms with E-state index < -0.39 is 0 Å². The van der Waals surface area contributed by atoms with Gasteiger partial charge in [0, 0.05) is 30.2 Å². The van der Waals surface area contributed by atoms with Crippen molar-refractivity contribution in [2.45, 2.75) is 30.2 Å². The quantitative estimate of drug-likeness (QED) is 0.493. The third-order valence-electron chi connectivity index (χ3n) is 5.04. The highest BCUT2D eigenvalue weighted by Gasteiger charge is 2.32. The predicted octanol–water partition coefficient (Wildman–Crippen LogP) is 4.51. The van der Waals surface area contributed by atoms with Crippen molar-refractivity contribution < 1.29 is 4.79 Å². The molecule has 1 amide bonds. The average molecular weight is 426 g/mol. The normalized spacial score (nSPS) is 15.7. The van der Waals surface area contributed by atoms with Gasteiger partial charge in [-0.15, -0.1) is 0 Å². The summed E-state index contributed by atoms with van der Waals surface area (Å²) in [5, 5.41) is 4.01. The lowest BCUT2D eigenvalue weighted by Gasteiger charge is -2.27. The van der Waals surface area contributed by atoms with Gasteiger partial charge in [0.15, 0.2) is 5.16 Å². The Hall–Kier alpha value is -2.57. The molecule has 0 spiro atoms. The average Bonchev–Trinajstić information content (AvgIpc) is 2.70. The number of nitrogens with one attached hydrogen (secondary N) is 1. The number of rotatable bonds is 4. The lowest BCUT2D eigenvalue weighted by molar-refractivity contribution is -0.116. The number of thioether (sulfide) groups is 1. The fourth-order valence-electron chi connectivity index (χ4n) is 3.50. The Morgan fingerprint density at radius 1 is 1.21 bits per heavy atom. The van der Waals surface area contributed by atoms with Crippen LogP contribution in [0.25, 0.3) is 0 Å². The molecule has 148 valence electrons. The fraction of sp³-hybridized carbons (Fsp3) is 0.227. The van der Waals surface area contributed by atoms with Crippen LogP contribution in [-0.2, 0) is 17.6 Å². The molecule has 2 heterocycles. The number of aromatic nitrogens is 2. The van der Waals surface area contributed by atoms with E-state index in [1.807, 2.05) is 26.1 Å². The number of nitrogens with zero attached hydrogens (tertiary/aromatic N) is 2. The topological polar surface area (TPSA) is 64.0 Å². The number of anilines is 1. The number of halogens is 1. The van der Waals surface area contributed by atoms with E-state index in [2.05, 4.69) is 34.6 Å². The van der Waals surface area contributed by atoms with Gasteiger partial charge >= 0.3 is 0 Å². The van der Waals surface area contributed by atoms with Crippen LogP contribution in [0.5, 0.6) is 0 Å². The Morgan fingerprint density at radius 2 is 1.97 bits per heavy atom. The van der Waals surface area contributed by atoms with Gasteiger partial charge in [-0.3, -0.25) is 9.59 Å². The summed E-state index contributed by atoms with van der Waals surface area (Å²) in [6.45, 7) is 2.05. The first-order valence-electron chi connectivity index (χ1n) is 9.27. The number of carbonyl (C=O) groups excluding carboxylic acids is 1. The fourth-order valence-corrected chi connectivity index (χ4v) is 4.62. The van der Waals surface area contributed by atoms with Crippen LogP contribution in [0, 0.1) is 6.92 Å². The van der Waals surface area contributed by atoms with Gasteiger partial charge < -0.3 is 9.88 Å². The molecular weight excluding hydrogens is 406 g/mol. The maximum atomic E-state index is 12.9. The monoisotopic (exact) mass is 425 g/mol. The van der Waals surface area contributed by atoms with E-state index in [0.717, 1.165) is 11.1 Å². The van der Waals surface area contributed by atoms with Gasteiger partial charge in [-0.05, 0) is 30.2 Å². The number of benzene rings is 2. The maximum absolute atomic E-state index is 12.9. The summed E-state index contributed by atoms with van der Waals surface area (Å²) in [7, 11) is 1.82. The Labute approximate surface area is 178 Å². The minimum atomic E-state index is -0.361. The molecule has 1 aromatic heterocycles. The van der Waals surface area contributed by atoms with Crippen LogP contribution < -0.4 is 10.9 Å². The molecule has 1 N–H and O–H groups in total. The molecule has 29 heavy (non-hydrogen) atoms. The van der Waals surface area contributed by atoms with Crippen LogP contribution in [0.3, 0.4) is 0 Å². The number of hydrogen-bond acceptors (Lipinski definition) is 4. The molecule has 0 fully saturated rings. The van der Waals surface area contributed by atoms with Crippen LogP contribution in [-0.4, -0.2) is 15.5 Å². The molecule has 1 aliphatic rings. The zero-order valence-electron chi connectivity index (χ0n) is 16.1. The van der Waals surface area contributed by atoms with E-state index in [1.54, 1.807) is 16.7 Å². The molecule has 4 rings (SSSR count). The Morgan fingerprint density at radius 3 is 2.69 bits per heavy atom. The standard InChI is InChI=1S/C22H20ClN3O2S/c1-13-6-8-14(9-7-13)12-29-22-25-21(28)19-17(15-4-3-5-16(23)10-15)11-18(27)24-20(19)26(22)2/h3-10,17H,11-12H2,1-2H3,(H,24,27). The molecule has 0 radical (unpaired) electrons. The lowest BCUT2D eigenvalue weighted by Crippen LogP contribution is -2.33. The molecule has 1 atom stereocenters. The number of amides is 1. The van der Waals surface area contributed by atoms with Gasteiger partial charge in [0.2, 0.25) is 5.91 Å². The SMILES string of the molecule is Cc1ccc(CSc2nc(=O)c3c(n2C)NC(=O)CC3c2cccc(Cl)c2)cc1. The van der Waals surface area contributed by atoms with Crippen molar-refractivity contribution in [1.82, 2.24) is 9.55 Å². The second-order valence-electron chi connectivity index (χ2n) is 7.15. The summed E-state index contributed by atoms with van der Waals surface area (Å²) in [6, 6.07) is 15.5. The van der Waals surface area contributed by atoms with Gasteiger partial charge in [-0.25, -0.2) is 0 Å². The van der Waals surface area contributed by atoms with Gasteiger partial charge in [0.1, 0.15) is 5.82 Å². The molecule has 0 saturated heterocycles. The summed E-state index contributed by atoms with van der Waals surface area (Å²) in [6.07, 6.45) is 0.195. The molecule has 0 saturated carbocycles. The van der Waals surface area contributed by atoms with Crippen molar-refractivity contribution >= 4 is 35.1 Å². The first-order valence-corrected chi connectivity index (χ1v) is 10.6. The van der Waals surface area contributed by atoms with E-state index in [0.29, 0.717) is 27.3 Å². The first kappa shape index (κ1) is 19.7. The molecule has 5 nitrogen and oxygen atoms in total. The van der Waals surface area contributed by atoms with Crippen molar-refractivity contribution in [2.24, 2.45) is 7.05 Å². The Kier molecular flexibility index (Phi) is 5.48. The minimum Gasteiger partial charge on any atom is -0.312 e. The molecule has 0 aliphatic carbocycles. The third-order valence-corrected chi connectivity index (χ3v) is 6.38. The highest BCUT2D eigenvalue weighted by atomic mass is 35.5. The molecule has 7 heteroatoms. The van der Waals surface area contributed by atoms with E-state index >= 15 is 0 Å². The summed E-state index contributed by atoms with van der Waals surface area (Å²) in [4.78, 5) is 29.7. The smallest absolute Gasteiger partial charge is 0.279 e. The van der Waals surface area contributed by atoms with E-state index in [9.17, 15) is 9.59 Å². The van der Waals surface area contributed by atoms with Crippen LogP contribution in [0.4, 0.5) is 5.82 Å². The van der Waals surface area contributed by atoms with Crippen LogP contribution in [0.15, 0.2) is 58.5 Å². The molecule has 1 aliphatic heterocycles. The van der Waals surface area contributed by atoms with E-state index in [1.165, 1.54) is 17.3 Å². The number of hydrogen-bond donors (Lipinski definition) is 1. The van der Waals surface area contributed by atoms with E-state index in [4.69, 9.17) is 11.6 Å². The first-order chi connectivity index (χ1) is 13.9. The minimum absolute atomic E-state index is 0.127. The Balaban J connectivity index is 1.71. The summed E-state index contributed by atoms with van der Waals surface area (Å²) in [5.41, 5.74) is 3.39. The van der Waals surface area contributed by atoms with Crippen LogP contribution in [0.1, 0.15) is 34.6 Å². The van der Waals surface area contributed by atoms with Crippen molar-refractivity contribution in [3.8, 4) is 0 Å². The highest BCUT2D eigenvalue weighted by Crippen LogP contribution is 2.36. The van der Waals surface area contributed by atoms with Crippen molar-refractivity contribution in [2.75, 3.05) is 5.32 Å². The number of aryl methyl sites for hydroxylation is 1. The van der Waals surface area contributed by atoms with Gasteiger partial charge in [-0.1, -0.05) is 65.3 Å². The summed E-state index contributed by atoms with van der Waals surface area (Å²) < 4.78 is 1.80. The zero-order valence-corrected chi connectivity index (χ0v) is 17.7. The van der Waals surface area contributed by atoms with Crippen LogP contribution >= 0.6 is 23.4 Å². The second kappa shape index (κ2) is 8.05. The highest BCUT2D eigenvalue weighted by molar-refractivity contribution is 7.98. The van der Waals surface area contributed by atoms with Gasteiger partial charge in [0.25, 0.3) is 5.56 Å². The number of fused-ring (bicyclic) bond motifs is 1. The molecule has 2 aromatic carbocycles. The maximum Gasteiger partial charge on any atom is 0.279 e. The van der Waals surface area contributed by atoms with Gasteiger partial charge in [-0.2, -0.15) is 4.98 Å². The third kappa shape index (κ3) is 4.09. The van der Waals surface area contributed by atoms with Gasteiger partial charge in [0.05, 0.1) is 5.56 Å². The van der Waals surface area contributed by atoms with Crippen LogP contribution in [0.2, 0.25) is 5.02 Å². The Bertz CT molecular complexity index is 1140. The predicted molar refractivity (Wildman–Crippen MR) is 117 cm³/mol. The molecule has 1 unspecified atom stereocenters. The molecule has 0 bridgehead atoms. The van der Waals surface area contributed by atoms with Crippen molar-refractivity contribution in [1.29, 1.82) is 0 Å². The van der Waals surface area contributed by atoms with Crippen molar-refractivity contribution in [3.05, 3.63) is 86.2 Å². The van der Waals surface area contributed by atoms with Crippen molar-refractivity contribution in [3.63, 3.8) is 0 Å². The summed E-state index contributed by atoms with van der Waals surface area (Å²) in [5.74, 6) is 0.709. The summed E-state index contributed by atoms with van der Waals surface area (Å²) >= 11 is 7.60. The molecular formula is C22H20ClN3O2S. The second-order valence-corrected chi connectivity index (χ2v) is 8.53. The largest absolute Gasteiger partial charge is 0.312 e. The zero-order chi connectivity index (χ0) is 20.5. The van der Waals surface area contributed by atoms with E-state index in [-0.39, 0.29) is 23.8 Å². The lowest BCUT2D eigenvalue weighted by atomic mass is 9.87. The molecule has 3 aromatic rings. The number of carbonyl (C=O) groups is 1.